The van der Waals surface area contributed by atoms with Crippen molar-refractivity contribution in [1.29, 1.82) is 0 Å². The Hall–Kier alpha value is -2.79. The molecule has 1 heterocycles. The molecule has 0 unspecified atom stereocenters. The van der Waals surface area contributed by atoms with Crippen LogP contribution < -0.4 is 10.5 Å². The third kappa shape index (κ3) is 3.52. The highest BCUT2D eigenvalue weighted by atomic mass is 35.5. The Bertz CT molecular complexity index is 831. The highest BCUT2D eigenvalue weighted by Gasteiger charge is 2.12. The second-order valence-electron chi connectivity index (χ2n) is 4.84. The van der Waals surface area contributed by atoms with E-state index in [1.165, 1.54) is 6.07 Å². The van der Waals surface area contributed by atoms with Crippen molar-refractivity contribution in [2.75, 3.05) is 0 Å². The zero-order valence-electron chi connectivity index (χ0n) is 12.0. The largest absolute Gasteiger partial charge is 0.485 e. The van der Waals surface area contributed by atoms with E-state index in [1.54, 1.807) is 18.2 Å². The number of carbonyl (C=O) groups excluding carboxylic acids is 1. The molecule has 2 aromatic carbocycles. The van der Waals surface area contributed by atoms with E-state index in [0.717, 1.165) is 11.3 Å². The van der Waals surface area contributed by atoms with E-state index in [0.29, 0.717) is 16.5 Å². The Morgan fingerprint density at radius 2 is 1.96 bits per heavy atom. The highest BCUT2D eigenvalue weighted by molar-refractivity contribution is 6.31. The summed E-state index contributed by atoms with van der Waals surface area (Å²) in [5, 5.41) is 4.42. The molecule has 116 valence electrons. The molecule has 0 saturated heterocycles. The number of ether oxygens (including phenoxy) is 1. The van der Waals surface area contributed by atoms with Gasteiger partial charge < -0.3 is 15.0 Å². The molecule has 3 rings (SSSR count). The number of aromatic nitrogens is 1. The molecule has 0 radical (unpaired) electrons. The van der Waals surface area contributed by atoms with Crippen molar-refractivity contribution in [2.24, 2.45) is 5.73 Å². The maximum Gasteiger partial charge on any atom is 0.252 e. The molecule has 0 spiro atoms. The molecule has 0 fully saturated rings. The standard InChI is InChI=1S/C17H13ClN2O3/c18-12-6-7-16(14(8-12)17(19)21)22-10-13-9-15(20-23-13)11-4-2-1-3-5-11/h1-9H,10H2,(H2,19,21). The number of hydrogen-bond donors (Lipinski definition) is 1. The molecule has 5 nitrogen and oxygen atoms in total. The van der Waals surface area contributed by atoms with Crippen LogP contribution in [-0.2, 0) is 6.61 Å². The van der Waals surface area contributed by atoms with Gasteiger partial charge in [-0.25, -0.2) is 0 Å². The minimum atomic E-state index is -0.606. The molecule has 0 atom stereocenters. The summed E-state index contributed by atoms with van der Waals surface area (Å²) in [7, 11) is 0. The minimum Gasteiger partial charge on any atom is -0.485 e. The van der Waals surface area contributed by atoms with Crippen LogP contribution in [0, 0.1) is 0 Å². The van der Waals surface area contributed by atoms with Crippen LogP contribution in [0.2, 0.25) is 5.02 Å². The first-order valence-corrected chi connectivity index (χ1v) is 7.24. The van der Waals surface area contributed by atoms with Crippen molar-refractivity contribution in [2.45, 2.75) is 6.61 Å². The summed E-state index contributed by atoms with van der Waals surface area (Å²) in [5.74, 6) is 0.277. The number of benzene rings is 2. The fraction of sp³-hybridized carbons (Fsp3) is 0.0588. The average molecular weight is 329 g/mol. The quantitative estimate of drug-likeness (QED) is 0.775. The molecule has 0 aliphatic rings. The molecule has 6 heteroatoms. The summed E-state index contributed by atoms with van der Waals surface area (Å²) in [6.45, 7) is 0.127. The van der Waals surface area contributed by atoms with Gasteiger partial charge >= 0.3 is 0 Å². The minimum absolute atomic E-state index is 0.127. The van der Waals surface area contributed by atoms with Crippen LogP contribution in [0.25, 0.3) is 11.3 Å². The number of nitrogens with zero attached hydrogens (tertiary/aromatic N) is 1. The van der Waals surface area contributed by atoms with E-state index >= 15 is 0 Å². The summed E-state index contributed by atoms with van der Waals surface area (Å²) < 4.78 is 10.8. The number of primary amides is 1. The van der Waals surface area contributed by atoms with Crippen molar-refractivity contribution in [1.82, 2.24) is 5.16 Å². The van der Waals surface area contributed by atoms with Gasteiger partial charge in [-0.2, -0.15) is 0 Å². The molecule has 2 N–H and O–H groups in total. The van der Waals surface area contributed by atoms with Gasteiger partial charge in [-0.05, 0) is 18.2 Å². The SMILES string of the molecule is NC(=O)c1cc(Cl)ccc1OCc1cc(-c2ccccc2)no1. The van der Waals surface area contributed by atoms with Gasteiger partial charge in [-0.1, -0.05) is 47.1 Å². The summed E-state index contributed by atoms with van der Waals surface area (Å²) in [5.41, 5.74) is 7.21. The van der Waals surface area contributed by atoms with Gasteiger partial charge in [0.05, 0.1) is 5.56 Å². The topological polar surface area (TPSA) is 78.4 Å². The maximum absolute atomic E-state index is 11.4. The Labute approximate surface area is 137 Å². The van der Waals surface area contributed by atoms with Crippen LogP contribution in [0.15, 0.2) is 59.1 Å². The van der Waals surface area contributed by atoms with Crippen LogP contribution >= 0.6 is 11.6 Å². The Morgan fingerprint density at radius 3 is 2.70 bits per heavy atom. The second-order valence-corrected chi connectivity index (χ2v) is 5.27. The molecule has 23 heavy (non-hydrogen) atoms. The Kier molecular flexibility index (Phi) is 4.30. The molecular formula is C17H13ClN2O3. The monoisotopic (exact) mass is 328 g/mol. The third-order valence-corrected chi connectivity index (χ3v) is 3.44. The maximum atomic E-state index is 11.4. The molecule has 1 aromatic heterocycles. The smallest absolute Gasteiger partial charge is 0.252 e. The van der Waals surface area contributed by atoms with E-state index in [-0.39, 0.29) is 12.2 Å². The molecule has 1 amide bonds. The Morgan fingerprint density at radius 1 is 1.17 bits per heavy atom. The summed E-state index contributed by atoms with van der Waals surface area (Å²) in [4.78, 5) is 11.4. The van der Waals surface area contributed by atoms with Gasteiger partial charge in [0, 0.05) is 16.7 Å². The second kappa shape index (κ2) is 6.54. The van der Waals surface area contributed by atoms with Gasteiger partial charge in [0.15, 0.2) is 5.76 Å². The van der Waals surface area contributed by atoms with Crippen molar-refractivity contribution in [3.8, 4) is 17.0 Å². The summed E-state index contributed by atoms with van der Waals surface area (Å²) >= 11 is 5.86. The van der Waals surface area contributed by atoms with Crippen molar-refractivity contribution < 1.29 is 14.1 Å². The molecule has 0 aliphatic heterocycles. The lowest BCUT2D eigenvalue weighted by Gasteiger charge is -2.08. The average Bonchev–Trinajstić information content (AvgIpc) is 3.03. The predicted molar refractivity (Wildman–Crippen MR) is 86.2 cm³/mol. The number of carbonyl (C=O) groups is 1. The van der Waals surface area contributed by atoms with Crippen LogP contribution in [0.3, 0.4) is 0 Å². The van der Waals surface area contributed by atoms with E-state index in [1.807, 2.05) is 30.3 Å². The fourth-order valence-electron chi connectivity index (χ4n) is 2.10. The number of nitrogens with two attached hydrogens (primary N) is 1. The van der Waals surface area contributed by atoms with Gasteiger partial charge in [0.2, 0.25) is 0 Å². The fourth-order valence-corrected chi connectivity index (χ4v) is 2.27. The number of hydrogen-bond acceptors (Lipinski definition) is 4. The molecule has 3 aromatic rings. The predicted octanol–water partition coefficient (Wildman–Crippen LogP) is 3.67. The first-order valence-electron chi connectivity index (χ1n) is 6.86. The van der Waals surface area contributed by atoms with Gasteiger partial charge in [0.1, 0.15) is 18.1 Å². The molecule has 0 saturated carbocycles. The van der Waals surface area contributed by atoms with Gasteiger partial charge in [0.25, 0.3) is 5.91 Å². The number of halogens is 1. The lowest BCUT2D eigenvalue weighted by molar-refractivity contribution is 0.0995. The first-order chi connectivity index (χ1) is 11.1. The highest BCUT2D eigenvalue weighted by Crippen LogP contribution is 2.24. The lowest BCUT2D eigenvalue weighted by Crippen LogP contribution is -2.13. The van der Waals surface area contributed by atoms with Crippen LogP contribution in [0.4, 0.5) is 0 Å². The third-order valence-electron chi connectivity index (χ3n) is 3.21. The van der Waals surface area contributed by atoms with Gasteiger partial charge in [-0.15, -0.1) is 0 Å². The number of amides is 1. The van der Waals surface area contributed by atoms with Gasteiger partial charge in [-0.3, -0.25) is 4.79 Å². The summed E-state index contributed by atoms with van der Waals surface area (Å²) in [6, 6.07) is 16.1. The molecule has 0 aliphatic carbocycles. The van der Waals surface area contributed by atoms with E-state index in [9.17, 15) is 4.79 Å². The van der Waals surface area contributed by atoms with E-state index < -0.39 is 5.91 Å². The Balaban J connectivity index is 1.75. The normalized spacial score (nSPS) is 10.5. The van der Waals surface area contributed by atoms with Crippen LogP contribution in [-0.4, -0.2) is 11.1 Å². The zero-order valence-corrected chi connectivity index (χ0v) is 12.8. The van der Waals surface area contributed by atoms with E-state index in [2.05, 4.69) is 5.16 Å². The van der Waals surface area contributed by atoms with Crippen molar-refractivity contribution >= 4 is 17.5 Å². The summed E-state index contributed by atoms with van der Waals surface area (Å²) in [6.07, 6.45) is 0. The van der Waals surface area contributed by atoms with Crippen LogP contribution in [0.5, 0.6) is 5.75 Å². The first kappa shape index (κ1) is 15.1. The van der Waals surface area contributed by atoms with Crippen LogP contribution in [0.1, 0.15) is 16.1 Å². The van der Waals surface area contributed by atoms with Crippen molar-refractivity contribution in [3.05, 3.63) is 70.9 Å². The molecule has 0 bridgehead atoms. The molecular weight excluding hydrogens is 316 g/mol. The number of rotatable bonds is 5. The van der Waals surface area contributed by atoms with Crippen molar-refractivity contribution in [3.63, 3.8) is 0 Å². The zero-order chi connectivity index (χ0) is 16.2. The lowest BCUT2D eigenvalue weighted by atomic mass is 10.1. The van der Waals surface area contributed by atoms with E-state index in [4.69, 9.17) is 26.6 Å².